The molecule has 0 spiro atoms. The van der Waals surface area contributed by atoms with E-state index >= 15 is 0 Å². The van der Waals surface area contributed by atoms with Gasteiger partial charge >= 0.3 is 6.03 Å². The number of halogens is 2. The Morgan fingerprint density at radius 3 is 2.13 bits per heavy atom. The van der Waals surface area contributed by atoms with E-state index in [1.54, 1.807) is 24.3 Å². The van der Waals surface area contributed by atoms with Crippen molar-refractivity contribution in [1.29, 1.82) is 0 Å². The summed E-state index contributed by atoms with van der Waals surface area (Å²) in [4.78, 5) is 23.1. The first-order valence-corrected chi connectivity index (χ1v) is 11.0. The molecular weight excluding hydrogens is 430 g/mol. The van der Waals surface area contributed by atoms with E-state index in [1.165, 1.54) is 7.05 Å². The van der Waals surface area contributed by atoms with Gasteiger partial charge in [-0.1, -0.05) is 0 Å². The minimum Gasteiger partial charge on any atom is -0.341 e. The van der Waals surface area contributed by atoms with Crippen LogP contribution in [-0.4, -0.2) is 44.8 Å². The summed E-state index contributed by atoms with van der Waals surface area (Å²) in [7, 11) is -2.70. The predicted molar refractivity (Wildman–Crippen MR) is 111 cm³/mol. The van der Waals surface area contributed by atoms with Crippen LogP contribution in [0.15, 0.2) is 47.4 Å². The predicted octanol–water partition coefficient (Wildman–Crippen LogP) is 2.76. The fourth-order valence-corrected chi connectivity index (χ4v) is 4.79. The number of carbonyl (C=O) groups excluding carboxylic acids is 2. The molecule has 1 heterocycles. The summed E-state index contributed by atoms with van der Waals surface area (Å²) in [6.07, 6.45) is 0.497. The third-order valence-corrected chi connectivity index (χ3v) is 6.89. The van der Waals surface area contributed by atoms with Gasteiger partial charge in [-0.15, -0.1) is 0 Å². The minimum absolute atomic E-state index is 0.0192. The molecule has 0 bridgehead atoms. The number of urea groups is 1. The highest BCUT2D eigenvalue weighted by Gasteiger charge is 2.33. The fourth-order valence-electron chi connectivity index (χ4n) is 3.25. The summed E-state index contributed by atoms with van der Waals surface area (Å²) >= 11 is 0. The van der Waals surface area contributed by atoms with Gasteiger partial charge in [-0.05, 0) is 55.3 Å². The average Bonchev–Trinajstić information content (AvgIpc) is 2.76. The Morgan fingerprint density at radius 1 is 0.968 bits per heavy atom. The Bertz CT molecular complexity index is 1070. The lowest BCUT2D eigenvalue weighted by atomic mass is 9.97. The summed E-state index contributed by atoms with van der Waals surface area (Å²) in [5.74, 6) is -2.55. The lowest BCUT2D eigenvalue weighted by Crippen LogP contribution is -2.41. The summed E-state index contributed by atoms with van der Waals surface area (Å²) < 4.78 is 53.7. The Hall–Kier alpha value is -3.05. The van der Waals surface area contributed by atoms with Crippen molar-refractivity contribution in [2.24, 2.45) is 5.92 Å². The molecule has 0 unspecified atom stereocenters. The monoisotopic (exact) mass is 452 g/mol. The second-order valence-electron chi connectivity index (χ2n) is 7.02. The number of anilines is 2. The molecule has 0 aromatic heterocycles. The Kier molecular flexibility index (Phi) is 6.86. The second kappa shape index (κ2) is 9.40. The number of amides is 3. The molecule has 1 saturated heterocycles. The normalized spacial score (nSPS) is 15.3. The van der Waals surface area contributed by atoms with Gasteiger partial charge in [-0.2, -0.15) is 4.31 Å². The molecule has 1 aliphatic rings. The molecule has 1 fully saturated rings. The zero-order chi connectivity index (χ0) is 22.6. The number of hydrogen-bond acceptors (Lipinski definition) is 4. The van der Waals surface area contributed by atoms with Gasteiger partial charge in [0.15, 0.2) is 0 Å². The van der Waals surface area contributed by atoms with Gasteiger partial charge in [-0.25, -0.2) is 22.0 Å². The van der Waals surface area contributed by atoms with Crippen LogP contribution in [0.2, 0.25) is 0 Å². The van der Waals surface area contributed by atoms with E-state index in [0.717, 1.165) is 16.4 Å². The number of nitrogens with one attached hydrogen (secondary N) is 3. The second-order valence-corrected chi connectivity index (χ2v) is 8.93. The van der Waals surface area contributed by atoms with Crippen LogP contribution in [0.25, 0.3) is 0 Å². The zero-order valence-electron chi connectivity index (χ0n) is 16.7. The first-order valence-electron chi connectivity index (χ1n) is 9.55. The maximum absolute atomic E-state index is 13.9. The molecule has 3 rings (SSSR count). The van der Waals surface area contributed by atoms with E-state index in [0.29, 0.717) is 17.4 Å². The van der Waals surface area contributed by atoms with Crippen LogP contribution in [0, 0.1) is 17.6 Å². The van der Waals surface area contributed by atoms with Crippen LogP contribution < -0.4 is 16.0 Å². The fraction of sp³-hybridized carbons (Fsp3) is 0.300. The number of nitrogens with zero attached hydrogens (tertiary/aromatic N) is 1. The summed E-state index contributed by atoms with van der Waals surface area (Å²) in [6, 6.07) is 8.46. The van der Waals surface area contributed by atoms with Gasteiger partial charge in [0.05, 0.1) is 0 Å². The van der Waals surface area contributed by atoms with Crippen molar-refractivity contribution in [3.05, 3.63) is 54.1 Å². The van der Waals surface area contributed by atoms with Gasteiger partial charge < -0.3 is 16.0 Å². The number of rotatable bonds is 5. The Balaban J connectivity index is 1.58. The molecule has 1 aliphatic heterocycles. The molecule has 3 N–H and O–H groups in total. The SMILES string of the molecule is CNC(=O)Nc1ccc(NC(=O)C2CCN(S(=O)(=O)c3cc(F)ccc3F)CC2)cc1. The lowest BCUT2D eigenvalue weighted by Gasteiger charge is -2.30. The van der Waals surface area contributed by atoms with E-state index in [-0.39, 0.29) is 37.9 Å². The highest BCUT2D eigenvalue weighted by atomic mass is 32.2. The Labute approximate surface area is 178 Å². The first-order chi connectivity index (χ1) is 14.7. The van der Waals surface area contributed by atoms with Crippen molar-refractivity contribution < 1.29 is 26.8 Å². The van der Waals surface area contributed by atoms with E-state index in [2.05, 4.69) is 16.0 Å². The number of piperidine rings is 1. The molecule has 0 saturated carbocycles. The molecule has 0 aliphatic carbocycles. The number of sulfonamides is 1. The van der Waals surface area contributed by atoms with Crippen LogP contribution in [0.3, 0.4) is 0 Å². The maximum atomic E-state index is 13.9. The molecule has 0 atom stereocenters. The first kappa shape index (κ1) is 22.6. The van der Waals surface area contributed by atoms with Gasteiger partial charge in [0.2, 0.25) is 15.9 Å². The average molecular weight is 452 g/mol. The lowest BCUT2D eigenvalue weighted by molar-refractivity contribution is -0.120. The summed E-state index contributed by atoms with van der Waals surface area (Å²) in [5.41, 5.74) is 1.09. The van der Waals surface area contributed by atoms with Crippen LogP contribution in [-0.2, 0) is 14.8 Å². The third kappa shape index (κ3) is 5.36. The molecule has 31 heavy (non-hydrogen) atoms. The smallest absolute Gasteiger partial charge is 0.318 e. The van der Waals surface area contributed by atoms with E-state index in [1.807, 2.05) is 0 Å². The number of hydrogen-bond donors (Lipinski definition) is 3. The van der Waals surface area contributed by atoms with Crippen molar-refractivity contribution in [2.75, 3.05) is 30.8 Å². The van der Waals surface area contributed by atoms with Gasteiger partial charge in [0, 0.05) is 37.4 Å². The molecule has 3 amide bonds. The highest BCUT2D eigenvalue weighted by Crippen LogP contribution is 2.27. The third-order valence-electron chi connectivity index (χ3n) is 4.97. The maximum Gasteiger partial charge on any atom is 0.318 e. The topological polar surface area (TPSA) is 108 Å². The summed E-state index contributed by atoms with van der Waals surface area (Å²) in [6.45, 7) is 0.0384. The minimum atomic E-state index is -4.19. The molecule has 2 aromatic carbocycles. The van der Waals surface area contributed by atoms with Gasteiger partial charge in [0.25, 0.3) is 0 Å². The van der Waals surface area contributed by atoms with Crippen molar-refractivity contribution in [3.63, 3.8) is 0 Å². The standard InChI is InChI=1S/C20H22F2N4O4S/c1-23-20(28)25-16-5-3-15(4-6-16)24-19(27)13-8-10-26(11-9-13)31(29,30)18-12-14(21)2-7-17(18)22/h2-7,12-13H,8-11H2,1H3,(H,24,27)(H2,23,25,28). The van der Waals surface area contributed by atoms with Crippen molar-refractivity contribution in [1.82, 2.24) is 9.62 Å². The van der Waals surface area contributed by atoms with Gasteiger partial charge in [-0.3, -0.25) is 4.79 Å². The molecular formula is C20H22F2N4O4S. The zero-order valence-corrected chi connectivity index (χ0v) is 17.5. The molecule has 8 nitrogen and oxygen atoms in total. The quantitative estimate of drug-likeness (QED) is 0.648. The van der Waals surface area contributed by atoms with E-state index in [9.17, 15) is 26.8 Å². The van der Waals surface area contributed by atoms with E-state index < -0.39 is 32.5 Å². The summed E-state index contributed by atoms with van der Waals surface area (Å²) in [5, 5.41) is 7.79. The Morgan fingerprint density at radius 2 is 1.55 bits per heavy atom. The van der Waals surface area contributed by atoms with Crippen molar-refractivity contribution in [3.8, 4) is 0 Å². The van der Waals surface area contributed by atoms with Crippen LogP contribution in [0.5, 0.6) is 0 Å². The highest BCUT2D eigenvalue weighted by molar-refractivity contribution is 7.89. The van der Waals surface area contributed by atoms with Crippen LogP contribution in [0.4, 0.5) is 25.0 Å². The molecule has 0 radical (unpaired) electrons. The van der Waals surface area contributed by atoms with Crippen LogP contribution in [0.1, 0.15) is 12.8 Å². The van der Waals surface area contributed by atoms with Crippen molar-refractivity contribution in [2.45, 2.75) is 17.7 Å². The van der Waals surface area contributed by atoms with Crippen LogP contribution >= 0.6 is 0 Å². The molecule has 166 valence electrons. The van der Waals surface area contributed by atoms with Gasteiger partial charge in [0.1, 0.15) is 16.5 Å². The van der Waals surface area contributed by atoms with E-state index in [4.69, 9.17) is 0 Å². The van der Waals surface area contributed by atoms with Crippen molar-refractivity contribution >= 4 is 33.3 Å². The number of benzene rings is 2. The largest absolute Gasteiger partial charge is 0.341 e. The molecule has 2 aromatic rings. The molecule has 11 heteroatoms. The number of carbonyl (C=O) groups is 2.